The van der Waals surface area contributed by atoms with Crippen molar-refractivity contribution in [3.8, 4) is 16.9 Å². The number of rotatable bonds is 5. The zero-order chi connectivity index (χ0) is 19.2. The average Bonchev–Trinajstić information content (AvgIpc) is 3.24. The van der Waals surface area contributed by atoms with Gasteiger partial charge in [0, 0.05) is 0 Å². The molecule has 136 valence electrons. The van der Waals surface area contributed by atoms with Crippen LogP contribution >= 0.6 is 0 Å². The number of ether oxygens (including phenoxy) is 1. The Hall–Kier alpha value is -3.67. The molecule has 3 rings (SSSR count). The number of amides is 1. The Morgan fingerprint density at radius 3 is 2.67 bits per heavy atom. The molecule has 2 aromatic carbocycles. The summed E-state index contributed by atoms with van der Waals surface area (Å²) in [4.78, 5) is 23.4. The van der Waals surface area contributed by atoms with Crippen molar-refractivity contribution < 1.29 is 9.53 Å². The fourth-order valence-corrected chi connectivity index (χ4v) is 2.72. The number of methoxy groups -OCH3 is 1. The molecule has 0 bridgehead atoms. The number of hydrogen-bond acceptors (Lipinski definition) is 4. The number of benzene rings is 2. The quantitative estimate of drug-likeness (QED) is 0.532. The van der Waals surface area contributed by atoms with Crippen LogP contribution in [0.15, 0.2) is 72.6 Å². The Kier molecular flexibility index (Phi) is 5.47. The first-order valence-electron chi connectivity index (χ1n) is 8.38. The molecule has 1 heterocycles. The maximum atomic E-state index is 12.3. The summed E-state index contributed by atoms with van der Waals surface area (Å²) in [5, 5.41) is 2.72. The minimum atomic E-state index is -0.345. The maximum absolute atomic E-state index is 12.3. The summed E-state index contributed by atoms with van der Waals surface area (Å²) in [6.07, 6.45) is 4.37. The van der Waals surface area contributed by atoms with Crippen LogP contribution in [0, 0.1) is 6.92 Å². The summed E-state index contributed by atoms with van der Waals surface area (Å²) in [5.41, 5.74) is 4.04. The predicted octanol–water partition coefficient (Wildman–Crippen LogP) is 4.04. The molecule has 1 amide bonds. The average molecular weight is 360 g/mol. The van der Waals surface area contributed by atoms with Crippen molar-refractivity contribution in [2.24, 2.45) is 4.99 Å². The highest BCUT2D eigenvalue weighted by molar-refractivity contribution is 6.10. The van der Waals surface area contributed by atoms with E-state index in [1.54, 1.807) is 7.11 Å². The van der Waals surface area contributed by atoms with Crippen molar-refractivity contribution in [3.05, 3.63) is 78.9 Å². The lowest BCUT2D eigenvalue weighted by Crippen LogP contribution is -2.29. The normalized spacial score (nSPS) is 11.1. The van der Waals surface area contributed by atoms with Gasteiger partial charge in [-0.3, -0.25) is 4.79 Å². The van der Waals surface area contributed by atoms with Crippen molar-refractivity contribution >= 4 is 17.4 Å². The molecule has 0 aliphatic heterocycles. The van der Waals surface area contributed by atoms with E-state index < -0.39 is 0 Å². The first-order chi connectivity index (χ1) is 13.1. The molecule has 0 aliphatic rings. The van der Waals surface area contributed by atoms with Crippen LogP contribution in [0.1, 0.15) is 16.1 Å². The monoisotopic (exact) mass is 360 g/mol. The third-order valence-electron chi connectivity index (χ3n) is 4.11. The molecule has 2 N–H and O–H groups in total. The Balaban J connectivity index is 2.01. The van der Waals surface area contributed by atoms with Gasteiger partial charge in [-0.2, -0.15) is 0 Å². The molecule has 6 heteroatoms. The van der Waals surface area contributed by atoms with Gasteiger partial charge in [0.25, 0.3) is 5.91 Å². The SMILES string of the molecule is C=C/C(=N\c1c(OC)ccc(-c2ccccc2)c1C)NC(=O)c1cnc[nH]1. The number of aliphatic imine (C=N–C) groups is 1. The molecule has 1 aromatic heterocycles. The van der Waals surface area contributed by atoms with Crippen LogP contribution in [0.2, 0.25) is 0 Å². The van der Waals surface area contributed by atoms with Gasteiger partial charge in [-0.1, -0.05) is 43.0 Å². The van der Waals surface area contributed by atoms with Gasteiger partial charge in [-0.25, -0.2) is 9.98 Å². The van der Waals surface area contributed by atoms with Crippen LogP contribution in [0.3, 0.4) is 0 Å². The van der Waals surface area contributed by atoms with Crippen LogP contribution < -0.4 is 10.1 Å². The fourth-order valence-electron chi connectivity index (χ4n) is 2.72. The summed E-state index contributed by atoms with van der Waals surface area (Å²) in [5.74, 6) is 0.588. The second kappa shape index (κ2) is 8.14. The maximum Gasteiger partial charge on any atom is 0.274 e. The molecule has 0 unspecified atom stereocenters. The molecule has 0 saturated heterocycles. The van der Waals surface area contributed by atoms with Crippen LogP contribution in [-0.4, -0.2) is 28.8 Å². The number of amidine groups is 1. The molecule has 6 nitrogen and oxygen atoms in total. The van der Waals surface area contributed by atoms with Gasteiger partial charge in [0.2, 0.25) is 0 Å². The van der Waals surface area contributed by atoms with Gasteiger partial charge in [-0.05, 0) is 35.8 Å². The van der Waals surface area contributed by atoms with Gasteiger partial charge in [0.15, 0.2) is 0 Å². The number of H-pyrrole nitrogens is 1. The van der Waals surface area contributed by atoms with Gasteiger partial charge >= 0.3 is 0 Å². The predicted molar refractivity (Wildman–Crippen MR) is 107 cm³/mol. The molecule has 0 spiro atoms. The highest BCUT2D eigenvalue weighted by Gasteiger charge is 2.14. The number of aromatic amines is 1. The Morgan fingerprint density at radius 1 is 1.26 bits per heavy atom. The molecular weight excluding hydrogens is 340 g/mol. The second-order valence-corrected chi connectivity index (χ2v) is 5.78. The van der Waals surface area contributed by atoms with Gasteiger partial charge in [0.1, 0.15) is 23.0 Å². The highest BCUT2D eigenvalue weighted by atomic mass is 16.5. The van der Waals surface area contributed by atoms with Crippen molar-refractivity contribution in [1.82, 2.24) is 15.3 Å². The van der Waals surface area contributed by atoms with Crippen LogP contribution in [0.4, 0.5) is 5.69 Å². The first kappa shape index (κ1) is 18.1. The number of hydrogen-bond donors (Lipinski definition) is 2. The second-order valence-electron chi connectivity index (χ2n) is 5.78. The lowest BCUT2D eigenvalue weighted by atomic mass is 9.99. The van der Waals surface area contributed by atoms with Gasteiger partial charge < -0.3 is 15.0 Å². The van der Waals surface area contributed by atoms with Crippen LogP contribution in [0.5, 0.6) is 5.75 Å². The lowest BCUT2D eigenvalue weighted by Gasteiger charge is -2.14. The molecule has 0 radical (unpaired) electrons. The van der Waals surface area contributed by atoms with Crippen molar-refractivity contribution in [2.75, 3.05) is 7.11 Å². The van der Waals surface area contributed by atoms with Gasteiger partial charge in [-0.15, -0.1) is 0 Å². The van der Waals surface area contributed by atoms with E-state index in [0.717, 1.165) is 16.7 Å². The van der Waals surface area contributed by atoms with E-state index in [1.807, 2.05) is 49.4 Å². The van der Waals surface area contributed by atoms with E-state index in [0.29, 0.717) is 23.0 Å². The summed E-state index contributed by atoms with van der Waals surface area (Å²) < 4.78 is 5.47. The smallest absolute Gasteiger partial charge is 0.274 e. The summed E-state index contributed by atoms with van der Waals surface area (Å²) in [6.45, 7) is 5.72. The topological polar surface area (TPSA) is 79.4 Å². The van der Waals surface area contributed by atoms with E-state index in [2.05, 4.69) is 26.9 Å². The number of nitrogens with one attached hydrogen (secondary N) is 2. The number of aromatic nitrogens is 2. The standard InChI is InChI=1S/C21H20N4O2/c1-4-19(25-21(26)17-12-22-13-23-17)24-20-14(2)16(10-11-18(20)27-3)15-8-6-5-7-9-15/h4-13H,1H2,2-3H3,(H,22,23)(H,24,25,26). The third kappa shape index (κ3) is 3.95. The fraction of sp³-hybridized carbons (Fsp3) is 0.0952. The van der Waals surface area contributed by atoms with E-state index in [4.69, 9.17) is 4.74 Å². The van der Waals surface area contributed by atoms with E-state index in [1.165, 1.54) is 18.6 Å². The largest absolute Gasteiger partial charge is 0.494 e. The Bertz CT molecular complexity index is 977. The summed E-state index contributed by atoms with van der Waals surface area (Å²) >= 11 is 0. The van der Waals surface area contributed by atoms with Crippen molar-refractivity contribution in [3.63, 3.8) is 0 Å². The molecular formula is C21H20N4O2. The Morgan fingerprint density at radius 2 is 2.04 bits per heavy atom. The minimum absolute atomic E-state index is 0.321. The number of carbonyl (C=O) groups excluding carboxylic acids is 1. The van der Waals surface area contributed by atoms with Crippen molar-refractivity contribution in [2.45, 2.75) is 6.92 Å². The van der Waals surface area contributed by atoms with E-state index in [9.17, 15) is 4.79 Å². The molecule has 0 aliphatic carbocycles. The van der Waals surface area contributed by atoms with Gasteiger partial charge in [0.05, 0.1) is 19.6 Å². The van der Waals surface area contributed by atoms with Crippen LogP contribution in [-0.2, 0) is 0 Å². The third-order valence-corrected chi connectivity index (χ3v) is 4.11. The highest BCUT2D eigenvalue weighted by Crippen LogP contribution is 2.37. The lowest BCUT2D eigenvalue weighted by molar-refractivity contribution is 0.0973. The molecule has 3 aromatic rings. The van der Waals surface area contributed by atoms with E-state index >= 15 is 0 Å². The molecule has 0 atom stereocenters. The Labute approximate surface area is 157 Å². The summed E-state index contributed by atoms with van der Waals surface area (Å²) in [6, 6.07) is 13.9. The zero-order valence-electron chi connectivity index (χ0n) is 15.2. The van der Waals surface area contributed by atoms with Crippen LogP contribution in [0.25, 0.3) is 11.1 Å². The van der Waals surface area contributed by atoms with E-state index in [-0.39, 0.29) is 5.91 Å². The number of carbonyl (C=O) groups is 1. The van der Waals surface area contributed by atoms with Crippen molar-refractivity contribution in [1.29, 1.82) is 0 Å². The molecule has 27 heavy (non-hydrogen) atoms. The minimum Gasteiger partial charge on any atom is -0.494 e. The number of nitrogens with zero attached hydrogens (tertiary/aromatic N) is 2. The molecule has 0 fully saturated rings. The first-order valence-corrected chi connectivity index (χ1v) is 8.38. The number of imidazole rings is 1. The zero-order valence-corrected chi connectivity index (χ0v) is 15.2. The summed E-state index contributed by atoms with van der Waals surface area (Å²) in [7, 11) is 1.59. The molecule has 0 saturated carbocycles.